The SMILES string of the molecule is O=C(O)CNC(=O)Cc1ccc(NC(=O)CC2=CCCCC2)cc1. The van der Waals surface area contributed by atoms with E-state index in [9.17, 15) is 14.4 Å². The highest BCUT2D eigenvalue weighted by Gasteiger charge is 2.10. The third-order valence-corrected chi connectivity index (χ3v) is 3.81. The molecular formula is C18H22N2O4. The number of hydrogen-bond acceptors (Lipinski definition) is 3. The number of carbonyl (C=O) groups is 3. The fourth-order valence-corrected chi connectivity index (χ4v) is 2.60. The fraction of sp³-hybridized carbons (Fsp3) is 0.389. The Morgan fingerprint density at radius 3 is 2.38 bits per heavy atom. The fourth-order valence-electron chi connectivity index (χ4n) is 2.60. The lowest BCUT2D eigenvalue weighted by molar-refractivity contribution is -0.137. The van der Waals surface area contributed by atoms with Crippen molar-refractivity contribution in [3.05, 3.63) is 41.5 Å². The van der Waals surface area contributed by atoms with E-state index in [1.54, 1.807) is 24.3 Å². The third-order valence-electron chi connectivity index (χ3n) is 3.81. The van der Waals surface area contributed by atoms with Crippen molar-refractivity contribution in [2.24, 2.45) is 0 Å². The lowest BCUT2D eigenvalue weighted by atomic mass is 9.97. The first kappa shape index (κ1) is 17.7. The smallest absolute Gasteiger partial charge is 0.322 e. The average Bonchev–Trinajstić information content (AvgIpc) is 2.55. The van der Waals surface area contributed by atoms with E-state index >= 15 is 0 Å². The maximum atomic E-state index is 12.0. The van der Waals surface area contributed by atoms with E-state index in [4.69, 9.17) is 5.11 Å². The van der Waals surface area contributed by atoms with Gasteiger partial charge < -0.3 is 15.7 Å². The van der Waals surface area contributed by atoms with Crippen LogP contribution in [-0.4, -0.2) is 29.4 Å². The molecule has 0 radical (unpaired) electrons. The molecule has 1 aliphatic carbocycles. The summed E-state index contributed by atoms with van der Waals surface area (Å²) in [5, 5.41) is 13.7. The van der Waals surface area contributed by atoms with Crippen molar-refractivity contribution in [3.63, 3.8) is 0 Å². The average molecular weight is 330 g/mol. The van der Waals surface area contributed by atoms with Crippen molar-refractivity contribution in [1.82, 2.24) is 5.32 Å². The summed E-state index contributed by atoms with van der Waals surface area (Å²) in [5.41, 5.74) is 2.64. The molecule has 0 atom stereocenters. The third kappa shape index (κ3) is 6.24. The van der Waals surface area contributed by atoms with Crippen molar-refractivity contribution in [2.75, 3.05) is 11.9 Å². The highest BCUT2D eigenvalue weighted by molar-refractivity contribution is 5.92. The van der Waals surface area contributed by atoms with E-state index in [-0.39, 0.29) is 24.8 Å². The number of aliphatic carboxylic acids is 1. The number of nitrogens with one attached hydrogen (secondary N) is 2. The molecule has 0 aromatic heterocycles. The molecule has 0 spiro atoms. The quantitative estimate of drug-likeness (QED) is 0.668. The van der Waals surface area contributed by atoms with Crippen LogP contribution in [0.2, 0.25) is 0 Å². The van der Waals surface area contributed by atoms with Crippen molar-refractivity contribution in [1.29, 1.82) is 0 Å². The Hall–Kier alpha value is -2.63. The Morgan fingerprint density at radius 1 is 1.00 bits per heavy atom. The van der Waals surface area contributed by atoms with Gasteiger partial charge in [0.05, 0.1) is 6.42 Å². The van der Waals surface area contributed by atoms with Crippen LogP contribution in [0.1, 0.15) is 37.7 Å². The minimum Gasteiger partial charge on any atom is -0.480 e. The van der Waals surface area contributed by atoms with Gasteiger partial charge >= 0.3 is 5.97 Å². The van der Waals surface area contributed by atoms with Crippen LogP contribution in [0.3, 0.4) is 0 Å². The second-order valence-electron chi connectivity index (χ2n) is 5.88. The van der Waals surface area contributed by atoms with Gasteiger partial charge in [-0.3, -0.25) is 14.4 Å². The normalized spacial score (nSPS) is 13.8. The molecule has 6 nitrogen and oxygen atoms in total. The van der Waals surface area contributed by atoms with Crippen LogP contribution in [0.15, 0.2) is 35.9 Å². The predicted octanol–water partition coefficient (Wildman–Crippen LogP) is 2.26. The summed E-state index contributed by atoms with van der Waals surface area (Å²) in [6.45, 7) is -0.386. The number of carboxylic acids is 1. The molecule has 6 heteroatoms. The molecule has 24 heavy (non-hydrogen) atoms. The largest absolute Gasteiger partial charge is 0.480 e. The van der Waals surface area contributed by atoms with Crippen LogP contribution in [0.25, 0.3) is 0 Å². The number of anilines is 1. The predicted molar refractivity (Wildman–Crippen MR) is 90.6 cm³/mol. The summed E-state index contributed by atoms with van der Waals surface area (Å²) in [4.78, 5) is 34.0. The number of amides is 2. The van der Waals surface area contributed by atoms with Crippen molar-refractivity contribution >= 4 is 23.5 Å². The van der Waals surface area contributed by atoms with Gasteiger partial charge in [0.15, 0.2) is 0 Å². The van der Waals surface area contributed by atoms with Crippen LogP contribution in [-0.2, 0) is 20.8 Å². The Kier molecular flexibility index (Phi) is 6.54. The first-order chi connectivity index (χ1) is 11.5. The molecule has 0 saturated heterocycles. The van der Waals surface area contributed by atoms with E-state index in [0.29, 0.717) is 12.1 Å². The molecule has 128 valence electrons. The number of hydrogen-bond donors (Lipinski definition) is 3. The Bertz CT molecular complexity index is 635. The molecule has 0 bridgehead atoms. The van der Waals surface area contributed by atoms with Crippen molar-refractivity contribution in [2.45, 2.75) is 38.5 Å². The maximum absolute atomic E-state index is 12.0. The van der Waals surface area contributed by atoms with Gasteiger partial charge in [-0.15, -0.1) is 0 Å². The van der Waals surface area contributed by atoms with Gasteiger partial charge in [-0.1, -0.05) is 23.8 Å². The van der Waals surface area contributed by atoms with E-state index in [1.165, 1.54) is 12.0 Å². The minimum absolute atomic E-state index is 0.0323. The highest BCUT2D eigenvalue weighted by Crippen LogP contribution is 2.20. The van der Waals surface area contributed by atoms with Crippen LogP contribution >= 0.6 is 0 Å². The van der Waals surface area contributed by atoms with Crippen molar-refractivity contribution < 1.29 is 19.5 Å². The molecule has 0 saturated carbocycles. The Labute approximate surface area is 140 Å². The van der Waals surface area contributed by atoms with Gasteiger partial charge in [-0.05, 0) is 43.4 Å². The molecule has 0 unspecified atom stereocenters. The first-order valence-corrected chi connectivity index (χ1v) is 8.08. The molecule has 0 fully saturated rings. The Balaban J connectivity index is 1.80. The zero-order valence-electron chi connectivity index (χ0n) is 13.5. The summed E-state index contributed by atoms with van der Waals surface area (Å²) in [5.74, 6) is -1.46. The number of rotatable bonds is 7. The van der Waals surface area contributed by atoms with Gasteiger partial charge in [-0.2, -0.15) is 0 Å². The topological polar surface area (TPSA) is 95.5 Å². The lowest BCUT2D eigenvalue weighted by Crippen LogP contribution is -2.30. The van der Waals surface area contributed by atoms with E-state index in [1.807, 2.05) is 0 Å². The van der Waals surface area contributed by atoms with Crippen molar-refractivity contribution in [3.8, 4) is 0 Å². The number of allylic oxidation sites excluding steroid dienone is 1. The Morgan fingerprint density at radius 2 is 1.75 bits per heavy atom. The van der Waals surface area contributed by atoms with E-state index < -0.39 is 5.97 Å². The molecule has 2 amide bonds. The first-order valence-electron chi connectivity index (χ1n) is 8.08. The van der Waals surface area contributed by atoms with Crippen LogP contribution in [0.5, 0.6) is 0 Å². The lowest BCUT2D eigenvalue weighted by Gasteiger charge is -2.12. The zero-order valence-corrected chi connectivity index (χ0v) is 13.5. The number of carbonyl (C=O) groups excluding carboxylic acids is 2. The summed E-state index contributed by atoms with van der Waals surface area (Å²) in [7, 11) is 0. The number of carboxylic acid groups (broad SMARTS) is 1. The van der Waals surface area contributed by atoms with Gasteiger partial charge in [0.1, 0.15) is 6.54 Å². The second-order valence-corrected chi connectivity index (χ2v) is 5.88. The van der Waals surface area contributed by atoms with Gasteiger partial charge in [0.25, 0.3) is 0 Å². The zero-order chi connectivity index (χ0) is 17.4. The van der Waals surface area contributed by atoms with Gasteiger partial charge in [0, 0.05) is 12.1 Å². The molecule has 1 aromatic carbocycles. The molecule has 0 heterocycles. The van der Waals surface area contributed by atoms with Crippen LogP contribution < -0.4 is 10.6 Å². The van der Waals surface area contributed by atoms with Gasteiger partial charge in [-0.25, -0.2) is 0 Å². The molecule has 3 N–H and O–H groups in total. The summed E-state index contributed by atoms with van der Waals surface area (Å²) in [6, 6.07) is 6.98. The molecule has 1 aliphatic rings. The van der Waals surface area contributed by atoms with Gasteiger partial charge in [0.2, 0.25) is 11.8 Å². The monoisotopic (exact) mass is 330 g/mol. The summed E-state index contributed by atoms with van der Waals surface area (Å²) < 4.78 is 0. The molecule has 0 aliphatic heterocycles. The minimum atomic E-state index is -1.07. The van der Waals surface area contributed by atoms with Crippen LogP contribution in [0.4, 0.5) is 5.69 Å². The highest BCUT2D eigenvalue weighted by atomic mass is 16.4. The number of benzene rings is 1. The maximum Gasteiger partial charge on any atom is 0.322 e. The second kappa shape index (κ2) is 8.86. The summed E-state index contributed by atoms with van der Waals surface area (Å²) >= 11 is 0. The summed E-state index contributed by atoms with van der Waals surface area (Å²) in [6.07, 6.45) is 7.10. The molecule has 1 aromatic rings. The standard InChI is InChI=1S/C18H22N2O4/c21-16(19-12-18(23)24)10-14-6-8-15(9-7-14)20-17(22)11-13-4-2-1-3-5-13/h4,6-9H,1-3,5,10-12H2,(H,19,21)(H,20,22)(H,23,24). The van der Waals surface area contributed by atoms with E-state index in [0.717, 1.165) is 24.8 Å². The van der Waals surface area contributed by atoms with E-state index in [2.05, 4.69) is 16.7 Å². The molecule has 2 rings (SSSR count). The van der Waals surface area contributed by atoms with Crippen LogP contribution in [0, 0.1) is 0 Å². The molecular weight excluding hydrogens is 308 g/mol.